The van der Waals surface area contributed by atoms with Crippen LogP contribution in [0.15, 0.2) is 261 Å². The van der Waals surface area contributed by atoms with Gasteiger partial charge in [-0.05, 0) is 122 Å². The first-order valence-corrected chi connectivity index (χ1v) is 25.6. The molecular weight excluding hydrogens is 883 g/mol. The number of nitrogens with zero attached hydrogens (tertiary/aromatic N) is 1. The summed E-state index contributed by atoms with van der Waals surface area (Å²) in [5.74, 6) is 0. The lowest BCUT2D eigenvalue weighted by Crippen LogP contribution is -2.28. The van der Waals surface area contributed by atoms with Crippen molar-refractivity contribution in [1.82, 2.24) is 0 Å². The highest BCUT2D eigenvalue weighted by Crippen LogP contribution is 2.59. The van der Waals surface area contributed by atoms with Gasteiger partial charge in [0.15, 0.2) is 0 Å². The van der Waals surface area contributed by atoms with Crippen molar-refractivity contribution in [3.05, 3.63) is 283 Å². The van der Waals surface area contributed by atoms with E-state index in [1.165, 1.54) is 107 Å². The fourth-order valence-electron chi connectivity index (χ4n) is 11.5. The zero-order valence-electron chi connectivity index (χ0n) is 38.1. The molecule has 0 saturated carbocycles. The first-order valence-electron chi connectivity index (χ1n) is 24.0. The van der Waals surface area contributed by atoms with Gasteiger partial charge in [-0.15, -0.1) is 22.7 Å². The molecular formula is C67H43NS2. The molecule has 2 aromatic heterocycles. The van der Waals surface area contributed by atoms with E-state index >= 15 is 0 Å². The molecule has 11 aromatic carbocycles. The Bertz CT molecular complexity index is 4050. The molecule has 70 heavy (non-hydrogen) atoms. The van der Waals surface area contributed by atoms with Crippen molar-refractivity contribution in [2.75, 3.05) is 4.90 Å². The monoisotopic (exact) mass is 925 g/mol. The molecule has 2 heterocycles. The number of anilines is 3. The lowest BCUT2D eigenvalue weighted by molar-refractivity contribution is 0.768. The normalized spacial score (nSPS) is 12.7. The Hall–Kier alpha value is -8.34. The van der Waals surface area contributed by atoms with Gasteiger partial charge in [0.2, 0.25) is 0 Å². The molecule has 0 spiro atoms. The Morgan fingerprint density at radius 3 is 1.47 bits per heavy atom. The summed E-state index contributed by atoms with van der Waals surface area (Å²) < 4.78 is 5.29. The highest BCUT2D eigenvalue weighted by molar-refractivity contribution is 7.26. The van der Waals surface area contributed by atoms with Gasteiger partial charge in [0.1, 0.15) is 0 Å². The Kier molecular flexibility index (Phi) is 9.55. The fourth-order valence-corrected chi connectivity index (χ4v) is 13.7. The van der Waals surface area contributed by atoms with Gasteiger partial charge in [-0.2, -0.15) is 0 Å². The molecule has 14 rings (SSSR count). The van der Waals surface area contributed by atoms with Gasteiger partial charge in [-0.25, -0.2) is 0 Å². The minimum Gasteiger partial charge on any atom is -0.310 e. The minimum absolute atomic E-state index is 0.513. The van der Waals surface area contributed by atoms with Gasteiger partial charge in [0, 0.05) is 57.3 Å². The van der Waals surface area contributed by atoms with Crippen LogP contribution in [0.1, 0.15) is 22.3 Å². The van der Waals surface area contributed by atoms with Crippen LogP contribution in [0.2, 0.25) is 0 Å². The molecule has 0 fully saturated rings. The molecule has 13 aromatic rings. The van der Waals surface area contributed by atoms with Crippen LogP contribution in [0.5, 0.6) is 0 Å². The molecule has 1 aliphatic rings. The van der Waals surface area contributed by atoms with Gasteiger partial charge < -0.3 is 4.90 Å². The second-order valence-corrected chi connectivity index (χ2v) is 20.5. The summed E-state index contributed by atoms with van der Waals surface area (Å²) in [5.41, 5.74) is 17.7. The number of hydrogen-bond acceptors (Lipinski definition) is 3. The summed E-state index contributed by atoms with van der Waals surface area (Å²) in [6.07, 6.45) is 0. The third-order valence-corrected chi connectivity index (χ3v) is 16.9. The van der Waals surface area contributed by atoms with E-state index in [0.29, 0.717) is 0 Å². The second-order valence-electron chi connectivity index (χ2n) is 18.3. The molecule has 0 bridgehead atoms. The van der Waals surface area contributed by atoms with E-state index in [1.807, 2.05) is 22.7 Å². The van der Waals surface area contributed by atoms with Crippen LogP contribution in [-0.4, -0.2) is 0 Å². The second kappa shape index (κ2) is 16.4. The number of thiophene rings is 2. The molecule has 0 aliphatic heterocycles. The van der Waals surface area contributed by atoms with Gasteiger partial charge in [0.25, 0.3) is 0 Å². The predicted molar refractivity (Wildman–Crippen MR) is 301 cm³/mol. The van der Waals surface area contributed by atoms with Gasteiger partial charge in [0.05, 0.1) is 11.1 Å². The number of benzene rings is 11. The molecule has 0 N–H and O–H groups in total. The van der Waals surface area contributed by atoms with Gasteiger partial charge in [-0.1, -0.05) is 200 Å². The Morgan fingerprint density at radius 1 is 0.300 bits per heavy atom. The first-order chi connectivity index (χ1) is 34.7. The molecule has 0 radical (unpaired) electrons. The molecule has 328 valence electrons. The molecule has 3 heteroatoms. The highest BCUT2D eigenvalue weighted by atomic mass is 32.1. The third kappa shape index (κ3) is 6.36. The maximum absolute atomic E-state index is 2.48. The van der Waals surface area contributed by atoms with Crippen molar-refractivity contribution in [3.63, 3.8) is 0 Å². The van der Waals surface area contributed by atoms with Crippen molar-refractivity contribution in [1.29, 1.82) is 0 Å². The van der Waals surface area contributed by atoms with E-state index in [0.717, 1.165) is 17.1 Å². The molecule has 0 atom stereocenters. The maximum Gasteiger partial charge on any atom is 0.0714 e. The smallest absolute Gasteiger partial charge is 0.0714 e. The fraction of sp³-hybridized carbons (Fsp3) is 0.0149. The summed E-state index contributed by atoms with van der Waals surface area (Å²) in [6, 6.07) is 96.8. The van der Waals surface area contributed by atoms with Crippen molar-refractivity contribution in [2.45, 2.75) is 5.41 Å². The van der Waals surface area contributed by atoms with Crippen molar-refractivity contribution < 1.29 is 0 Å². The summed E-state index contributed by atoms with van der Waals surface area (Å²) >= 11 is 3.73. The number of rotatable bonds is 8. The van der Waals surface area contributed by atoms with Crippen molar-refractivity contribution >= 4 is 80.1 Å². The summed E-state index contributed by atoms with van der Waals surface area (Å²) in [6.45, 7) is 0. The lowest BCUT2D eigenvalue weighted by Gasteiger charge is -2.34. The zero-order chi connectivity index (χ0) is 46.2. The molecule has 0 amide bonds. The van der Waals surface area contributed by atoms with Crippen molar-refractivity contribution in [2.24, 2.45) is 0 Å². The quantitative estimate of drug-likeness (QED) is 0.147. The molecule has 0 saturated heterocycles. The summed E-state index contributed by atoms with van der Waals surface area (Å²) in [4.78, 5) is 2.48. The van der Waals surface area contributed by atoms with Crippen molar-refractivity contribution in [3.8, 4) is 44.5 Å². The van der Waals surface area contributed by atoms with E-state index in [9.17, 15) is 0 Å². The highest BCUT2D eigenvalue weighted by Gasteiger charge is 2.47. The summed E-state index contributed by atoms with van der Waals surface area (Å²) in [7, 11) is 0. The van der Waals surface area contributed by atoms with Crippen LogP contribution in [0, 0.1) is 0 Å². The maximum atomic E-state index is 2.48. The van der Waals surface area contributed by atoms with E-state index in [4.69, 9.17) is 0 Å². The van der Waals surface area contributed by atoms with E-state index < -0.39 is 5.41 Å². The number of fused-ring (bicyclic) bond motifs is 9. The van der Waals surface area contributed by atoms with Crippen LogP contribution in [0.3, 0.4) is 0 Å². The molecule has 1 aliphatic carbocycles. The minimum atomic E-state index is -0.513. The van der Waals surface area contributed by atoms with Crippen LogP contribution >= 0.6 is 22.7 Å². The topological polar surface area (TPSA) is 3.24 Å². The zero-order valence-corrected chi connectivity index (χ0v) is 39.7. The first kappa shape index (κ1) is 40.7. The lowest BCUT2D eigenvalue weighted by atomic mass is 9.68. The van der Waals surface area contributed by atoms with Crippen LogP contribution in [0.25, 0.3) is 84.9 Å². The number of hydrogen-bond donors (Lipinski definition) is 0. The van der Waals surface area contributed by atoms with Gasteiger partial charge >= 0.3 is 0 Å². The Labute approximate surface area is 415 Å². The van der Waals surface area contributed by atoms with Crippen LogP contribution in [-0.2, 0) is 5.41 Å². The van der Waals surface area contributed by atoms with Crippen LogP contribution in [0.4, 0.5) is 17.1 Å². The molecule has 0 unspecified atom stereocenters. The van der Waals surface area contributed by atoms with Crippen LogP contribution < -0.4 is 4.90 Å². The average molecular weight is 926 g/mol. The van der Waals surface area contributed by atoms with E-state index in [2.05, 4.69) is 266 Å². The SMILES string of the molecule is c1ccc(C2(c3ccccc3)c3ccccc3-c3c(N(c4ccc(-c5ccc(-c6ccc7sc8ccccc8c7c6)cc5)cc4)c4ccc(-c5cccc6sc7ccccc7c56)cc4)cccc32)cc1. The summed E-state index contributed by atoms with van der Waals surface area (Å²) in [5, 5.41) is 5.28. The van der Waals surface area contributed by atoms with E-state index in [1.54, 1.807) is 0 Å². The van der Waals surface area contributed by atoms with E-state index in [-0.39, 0.29) is 0 Å². The molecule has 1 nitrogen and oxygen atoms in total. The largest absolute Gasteiger partial charge is 0.310 e. The standard InChI is InChI=1S/C67H43NS2/c1-3-15-49(16-4-1)67(50-17-5-2-6-18-50)58-23-10-7-20-55(58)66-59(67)24-14-25-60(66)68(52-40-35-47(36-41-52)53-22-13-28-64-65(53)56-21-9-12-27-62(56)70-64)51-38-33-45(34-39-51)44-29-31-46(32-30-44)48-37-42-63-57(43-48)54-19-8-11-26-61(54)69-63/h1-43H. The van der Waals surface area contributed by atoms with Gasteiger partial charge in [-0.3, -0.25) is 0 Å². The third-order valence-electron chi connectivity index (χ3n) is 14.6. The predicted octanol–water partition coefficient (Wildman–Crippen LogP) is 19.3. The average Bonchev–Trinajstić information content (AvgIpc) is 4.11. The Morgan fingerprint density at radius 2 is 0.771 bits per heavy atom. The Balaban J connectivity index is 0.907.